The van der Waals surface area contributed by atoms with Crippen molar-refractivity contribution in [2.45, 2.75) is 77.6 Å². The summed E-state index contributed by atoms with van der Waals surface area (Å²) in [4.78, 5) is 21.3. The maximum atomic E-state index is 13.0. The summed E-state index contributed by atoms with van der Waals surface area (Å²) in [6, 6.07) is 12.3. The third kappa shape index (κ3) is 8.69. The smallest absolute Gasteiger partial charge is 0.343 e. The molecular weight excluding hydrogens is 427 g/mol. The van der Waals surface area contributed by atoms with Gasteiger partial charge in [-0.1, -0.05) is 76.8 Å². The van der Waals surface area contributed by atoms with Gasteiger partial charge in [-0.2, -0.15) is 0 Å². The Hall–Kier alpha value is -3.08. The minimum absolute atomic E-state index is 0.303. The average molecular weight is 463 g/mol. The number of aromatic nitrogens is 2. The monoisotopic (exact) mass is 462 g/mol. The molecule has 0 saturated carbocycles. The first-order valence-corrected chi connectivity index (χ1v) is 12.5. The van der Waals surface area contributed by atoms with Crippen LogP contribution < -0.4 is 4.74 Å². The lowest BCUT2D eigenvalue weighted by atomic mass is 10.0. The van der Waals surface area contributed by atoms with Gasteiger partial charge in [-0.05, 0) is 54.8 Å². The molecule has 3 rings (SSSR count). The van der Waals surface area contributed by atoms with E-state index < -0.39 is 5.97 Å². The zero-order valence-electron chi connectivity index (χ0n) is 20.1. The second kappa shape index (κ2) is 14.2. The summed E-state index contributed by atoms with van der Waals surface area (Å²) in [5.74, 6) is 0.0617. The van der Waals surface area contributed by atoms with Gasteiger partial charge in [0, 0.05) is 18.0 Å². The normalized spacial score (nSPS) is 10.9. The van der Waals surface area contributed by atoms with E-state index in [4.69, 9.17) is 4.74 Å². The van der Waals surface area contributed by atoms with E-state index in [0.29, 0.717) is 17.1 Å². The number of hydrogen-bond acceptors (Lipinski definition) is 4. The number of esters is 1. The number of halogens is 1. The summed E-state index contributed by atoms with van der Waals surface area (Å²) in [5, 5.41) is 0. The van der Waals surface area contributed by atoms with Crippen LogP contribution in [0.2, 0.25) is 0 Å². The first-order chi connectivity index (χ1) is 16.7. The predicted octanol–water partition coefficient (Wildman–Crippen LogP) is 7.97. The molecule has 180 valence electrons. The molecule has 3 aromatic rings. The lowest BCUT2D eigenvalue weighted by Crippen LogP contribution is -2.08. The van der Waals surface area contributed by atoms with Gasteiger partial charge in [-0.25, -0.2) is 19.2 Å². The van der Waals surface area contributed by atoms with Gasteiger partial charge in [0.1, 0.15) is 11.6 Å². The van der Waals surface area contributed by atoms with E-state index in [0.717, 1.165) is 17.5 Å². The predicted molar refractivity (Wildman–Crippen MR) is 134 cm³/mol. The van der Waals surface area contributed by atoms with Crippen molar-refractivity contribution in [3.63, 3.8) is 0 Å². The van der Waals surface area contributed by atoms with Crippen LogP contribution in [0.15, 0.2) is 60.9 Å². The molecular formula is C29H35FN2O2. The fraction of sp³-hybridized carbons (Fsp3) is 0.414. The van der Waals surface area contributed by atoms with Gasteiger partial charge < -0.3 is 4.74 Å². The molecule has 0 amide bonds. The second-order valence-corrected chi connectivity index (χ2v) is 8.77. The van der Waals surface area contributed by atoms with E-state index in [9.17, 15) is 9.18 Å². The van der Waals surface area contributed by atoms with Crippen molar-refractivity contribution in [3.05, 3.63) is 77.9 Å². The SMILES string of the molecule is CCCCCCCCCCCCc1cnc(-c2ccc(C(=O)Oc3ccc(F)cc3)cc2)nc1. The summed E-state index contributed by atoms with van der Waals surface area (Å²) in [5.41, 5.74) is 2.40. The molecule has 34 heavy (non-hydrogen) atoms. The highest BCUT2D eigenvalue weighted by Gasteiger charge is 2.10. The number of rotatable bonds is 14. The number of benzene rings is 2. The summed E-state index contributed by atoms with van der Waals surface area (Å²) < 4.78 is 18.3. The molecule has 0 aliphatic rings. The molecule has 5 heteroatoms. The molecule has 1 aromatic heterocycles. The van der Waals surface area contributed by atoms with E-state index in [1.807, 2.05) is 12.4 Å². The van der Waals surface area contributed by atoms with Crippen LogP contribution in [0.4, 0.5) is 4.39 Å². The van der Waals surface area contributed by atoms with Gasteiger partial charge in [0.05, 0.1) is 5.56 Å². The number of nitrogens with zero attached hydrogens (tertiary/aromatic N) is 2. The minimum atomic E-state index is -0.495. The fourth-order valence-corrected chi connectivity index (χ4v) is 3.87. The van der Waals surface area contributed by atoms with Gasteiger partial charge in [0.2, 0.25) is 0 Å². The number of carbonyl (C=O) groups is 1. The largest absolute Gasteiger partial charge is 0.423 e. The maximum absolute atomic E-state index is 13.0. The Morgan fingerprint density at radius 2 is 1.32 bits per heavy atom. The molecule has 0 saturated heterocycles. The van der Waals surface area contributed by atoms with Crippen LogP contribution in [0.1, 0.15) is 87.1 Å². The Bertz CT molecular complexity index is 986. The number of aryl methyl sites for hydroxylation is 1. The van der Waals surface area contributed by atoms with Gasteiger partial charge >= 0.3 is 5.97 Å². The molecule has 0 bridgehead atoms. The molecule has 0 N–H and O–H groups in total. The van der Waals surface area contributed by atoms with Crippen LogP contribution in [-0.4, -0.2) is 15.9 Å². The molecule has 0 unspecified atom stereocenters. The van der Waals surface area contributed by atoms with Crippen LogP contribution in [-0.2, 0) is 6.42 Å². The van der Waals surface area contributed by atoms with Gasteiger partial charge in [-0.3, -0.25) is 0 Å². The molecule has 0 aliphatic carbocycles. The fourth-order valence-electron chi connectivity index (χ4n) is 3.87. The molecule has 0 aliphatic heterocycles. The number of ether oxygens (including phenoxy) is 1. The molecule has 0 spiro atoms. The maximum Gasteiger partial charge on any atom is 0.343 e. The molecule has 2 aromatic carbocycles. The van der Waals surface area contributed by atoms with Crippen LogP contribution in [0, 0.1) is 5.82 Å². The topological polar surface area (TPSA) is 52.1 Å². The molecule has 1 heterocycles. The van der Waals surface area contributed by atoms with Crippen LogP contribution in [0.25, 0.3) is 11.4 Å². The summed E-state index contributed by atoms with van der Waals surface area (Å²) in [7, 11) is 0. The summed E-state index contributed by atoms with van der Waals surface area (Å²) >= 11 is 0. The van der Waals surface area contributed by atoms with Crippen molar-refractivity contribution < 1.29 is 13.9 Å². The minimum Gasteiger partial charge on any atom is -0.423 e. The van der Waals surface area contributed by atoms with Gasteiger partial charge in [0.15, 0.2) is 5.82 Å². The molecule has 0 radical (unpaired) electrons. The quantitative estimate of drug-likeness (QED) is 0.138. The highest BCUT2D eigenvalue weighted by Crippen LogP contribution is 2.19. The molecule has 0 atom stereocenters. The average Bonchev–Trinajstić information content (AvgIpc) is 2.87. The Morgan fingerprint density at radius 3 is 1.91 bits per heavy atom. The second-order valence-electron chi connectivity index (χ2n) is 8.77. The Labute approximate surface area is 202 Å². The number of unbranched alkanes of at least 4 members (excludes halogenated alkanes) is 9. The Kier molecular flexibility index (Phi) is 10.7. The van der Waals surface area contributed by atoms with Crippen molar-refractivity contribution in [2.24, 2.45) is 0 Å². The van der Waals surface area contributed by atoms with E-state index in [-0.39, 0.29) is 5.82 Å². The van der Waals surface area contributed by atoms with Gasteiger partial charge in [0.25, 0.3) is 0 Å². The van der Waals surface area contributed by atoms with Crippen LogP contribution in [0.5, 0.6) is 5.75 Å². The van der Waals surface area contributed by atoms with Crippen LogP contribution >= 0.6 is 0 Å². The first kappa shape index (κ1) is 25.5. The van der Waals surface area contributed by atoms with Gasteiger partial charge in [-0.15, -0.1) is 0 Å². The number of carbonyl (C=O) groups excluding carboxylic acids is 1. The van der Waals surface area contributed by atoms with E-state index in [1.165, 1.54) is 88.5 Å². The zero-order chi connectivity index (χ0) is 24.0. The van der Waals surface area contributed by atoms with Crippen LogP contribution in [0.3, 0.4) is 0 Å². The lowest BCUT2D eigenvalue weighted by Gasteiger charge is -2.06. The van der Waals surface area contributed by atoms with Crippen molar-refractivity contribution in [2.75, 3.05) is 0 Å². The van der Waals surface area contributed by atoms with E-state index in [2.05, 4.69) is 16.9 Å². The standard InChI is InChI=1S/C29H35FN2O2/c1-2-3-4-5-6-7-8-9-10-11-12-23-21-31-28(32-22-23)24-13-15-25(16-14-24)29(33)34-27-19-17-26(30)18-20-27/h13-22H,2-12H2,1H3. The third-order valence-corrected chi connectivity index (χ3v) is 5.93. The molecule has 4 nitrogen and oxygen atoms in total. The van der Waals surface area contributed by atoms with Crippen molar-refractivity contribution >= 4 is 5.97 Å². The number of hydrogen-bond donors (Lipinski definition) is 0. The van der Waals surface area contributed by atoms with E-state index >= 15 is 0 Å². The molecule has 0 fully saturated rings. The lowest BCUT2D eigenvalue weighted by molar-refractivity contribution is 0.0734. The van der Waals surface area contributed by atoms with Crippen molar-refractivity contribution in [3.8, 4) is 17.1 Å². The summed E-state index contributed by atoms with van der Waals surface area (Å²) in [6.07, 6.45) is 18.1. The summed E-state index contributed by atoms with van der Waals surface area (Å²) in [6.45, 7) is 2.26. The first-order valence-electron chi connectivity index (χ1n) is 12.5. The zero-order valence-corrected chi connectivity index (χ0v) is 20.1. The van der Waals surface area contributed by atoms with Crippen molar-refractivity contribution in [1.29, 1.82) is 0 Å². The van der Waals surface area contributed by atoms with E-state index in [1.54, 1.807) is 24.3 Å². The Morgan fingerprint density at radius 1 is 0.765 bits per heavy atom. The van der Waals surface area contributed by atoms with Crippen molar-refractivity contribution in [1.82, 2.24) is 9.97 Å². The Balaban J connectivity index is 1.38. The highest BCUT2D eigenvalue weighted by molar-refractivity contribution is 5.91. The highest BCUT2D eigenvalue weighted by atomic mass is 19.1. The third-order valence-electron chi connectivity index (χ3n) is 5.93.